The van der Waals surface area contributed by atoms with Crippen molar-refractivity contribution in [1.29, 1.82) is 0 Å². The molecule has 1 N–H and O–H groups in total. The van der Waals surface area contributed by atoms with Crippen LogP contribution in [-0.2, 0) is 0 Å². The molecule has 2 aromatic rings. The van der Waals surface area contributed by atoms with E-state index in [1.54, 1.807) is 0 Å². The number of hydrogen-bond donors (Lipinski definition) is 1. The molecule has 0 radical (unpaired) electrons. The zero-order valence-electron chi connectivity index (χ0n) is 9.38. The third kappa shape index (κ3) is 2.73. The molecule has 0 unspecified atom stereocenters. The largest absolute Gasteiger partial charge is 0.319 e. The fourth-order valence-corrected chi connectivity index (χ4v) is 1.45. The number of nitrogens with one attached hydrogen (secondary N) is 1. The van der Waals surface area contributed by atoms with Crippen molar-refractivity contribution >= 4 is 11.6 Å². The topological polar surface area (TPSA) is 29.1 Å². The second-order valence-electron chi connectivity index (χ2n) is 3.68. The molecule has 0 aromatic heterocycles. The Hall–Kier alpha value is -2.37. The van der Waals surface area contributed by atoms with Gasteiger partial charge in [0.1, 0.15) is 11.6 Å². The summed E-state index contributed by atoms with van der Waals surface area (Å²) >= 11 is 0. The van der Waals surface area contributed by atoms with Gasteiger partial charge in [-0.25, -0.2) is 17.6 Å². The van der Waals surface area contributed by atoms with E-state index in [1.165, 1.54) is 18.2 Å². The van der Waals surface area contributed by atoms with Crippen molar-refractivity contribution in [3.63, 3.8) is 0 Å². The number of rotatable bonds is 2. The molecule has 0 heterocycles. The van der Waals surface area contributed by atoms with Gasteiger partial charge in [0.15, 0.2) is 11.6 Å². The third-order valence-corrected chi connectivity index (χ3v) is 2.38. The Kier molecular flexibility index (Phi) is 3.50. The van der Waals surface area contributed by atoms with Crippen molar-refractivity contribution in [1.82, 2.24) is 0 Å². The van der Waals surface area contributed by atoms with Crippen LogP contribution in [0.3, 0.4) is 0 Å². The highest BCUT2D eigenvalue weighted by Crippen LogP contribution is 2.19. The molecule has 2 rings (SSSR count). The summed E-state index contributed by atoms with van der Waals surface area (Å²) in [5, 5.41) is 1.97. The number of carbonyl (C=O) groups is 1. The number of amides is 1. The molecule has 1 amide bonds. The van der Waals surface area contributed by atoms with Crippen LogP contribution in [0.1, 0.15) is 10.4 Å². The van der Waals surface area contributed by atoms with E-state index in [-0.39, 0.29) is 5.56 Å². The normalized spacial score (nSPS) is 10.3. The summed E-state index contributed by atoms with van der Waals surface area (Å²) in [5.74, 6) is -5.60. The van der Waals surface area contributed by atoms with Crippen LogP contribution in [0.4, 0.5) is 23.2 Å². The van der Waals surface area contributed by atoms with Gasteiger partial charge in [-0.1, -0.05) is 12.1 Å². The number of benzene rings is 2. The van der Waals surface area contributed by atoms with Gasteiger partial charge in [-0.2, -0.15) is 0 Å². The SMILES string of the molecule is O=C(Nc1cc(F)c(F)cc1F)c1ccccc1F. The van der Waals surface area contributed by atoms with E-state index in [0.717, 1.165) is 6.07 Å². The number of carbonyl (C=O) groups excluding carboxylic acids is 1. The first-order valence-corrected chi connectivity index (χ1v) is 5.19. The molecule has 19 heavy (non-hydrogen) atoms. The minimum Gasteiger partial charge on any atom is -0.319 e. The van der Waals surface area contributed by atoms with Crippen LogP contribution in [-0.4, -0.2) is 5.91 Å². The Morgan fingerprint density at radius 3 is 2.16 bits per heavy atom. The van der Waals surface area contributed by atoms with Crippen molar-refractivity contribution < 1.29 is 22.4 Å². The maximum atomic E-state index is 13.3. The average molecular weight is 269 g/mol. The summed E-state index contributed by atoms with van der Waals surface area (Å²) in [7, 11) is 0. The van der Waals surface area contributed by atoms with Crippen molar-refractivity contribution in [2.45, 2.75) is 0 Å². The summed E-state index contributed by atoms with van der Waals surface area (Å²) in [6.07, 6.45) is 0. The molecule has 6 heteroatoms. The zero-order chi connectivity index (χ0) is 14.0. The molecule has 0 saturated carbocycles. The molecule has 0 aliphatic heterocycles. The smallest absolute Gasteiger partial charge is 0.258 e. The van der Waals surface area contributed by atoms with E-state index in [0.29, 0.717) is 12.1 Å². The fraction of sp³-hybridized carbons (Fsp3) is 0. The molecule has 0 saturated heterocycles. The van der Waals surface area contributed by atoms with Crippen molar-refractivity contribution in [2.75, 3.05) is 5.32 Å². The quantitative estimate of drug-likeness (QED) is 0.656. The number of halogens is 4. The minimum atomic E-state index is -1.37. The third-order valence-electron chi connectivity index (χ3n) is 2.38. The van der Waals surface area contributed by atoms with E-state index in [2.05, 4.69) is 0 Å². The van der Waals surface area contributed by atoms with Crippen LogP contribution < -0.4 is 5.32 Å². The second-order valence-corrected chi connectivity index (χ2v) is 3.68. The van der Waals surface area contributed by atoms with Crippen LogP contribution in [0.2, 0.25) is 0 Å². The summed E-state index contributed by atoms with van der Waals surface area (Å²) in [6, 6.07) is 5.82. The standard InChI is InChI=1S/C13H7F4NO/c14-8-4-2-1-3-7(8)13(19)18-12-6-10(16)9(15)5-11(12)17/h1-6H,(H,18,19). The lowest BCUT2D eigenvalue weighted by Crippen LogP contribution is -2.15. The molecular weight excluding hydrogens is 262 g/mol. The Morgan fingerprint density at radius 2 is 1.47 bits per heavy atom. The number of anilines is 1. The van der Waals surface area contributed by atoms with Gasteiger partial charge in [0.05, 0.1) is 11.3 Å². The van der Waals surface area contributed by atoms with Gasteiger partial charge in [-0.15, -0.1) is 0 Å². The molecule has 0 fully saturated rings. The van der Waals surface area contributed by atoms with E-state index in [4.69, 9.17) is 0 Å². The highest BCUT2D eigenvalue weighted by atomic mass is 19.2. The van der Waals surface area contributed by atoms with Gasteiger partial charge in [0, 0.05) is 12.1 Å². The van der Waals surface area contributed by atoms with Crippen molar-refractivity contribution in [3.05, 3.63) is 65.2 Å². The summed E-state index contributed by atoms with van der Waals surface area (Å²) < 4.78 is 52.2. The minimum absolute atomic E-state index is 0.298. The van der Waals surface area contributed by atoms with Gasteiger partial charge >= 0.3 is 0 Å². The fourth-order valence-electron chi connectivity index (χ4n) is 1.45. The monoisotopic (exact) mass is 269 g/mol. The van der Waals surface area contributed by atoms with Crippen LogP contribution in [0, 0.1) is 23.3 Å². The van der Waals surface area contributed by atoms with Crippen LogP contribution >= 0.6 is 0 Å². The molecule has 0 aliphatic carbocycles. The molecule has 2 nitrogen and oxygen atoms in total. The number of hydrogen-bond acceptors (Lipinski definition) is 1. The Labute approximate surface area is 105 Å². The summed E-state index contributed by atoms with van der Waals surface area (Å²) in [6.45, 7) is 0. The summed E-state index contributed by atoms with van der Waals surface area (Å²) in [4.78, 5) is 11.6. The van der Waals surface area contributed by atoms with E-state index >= 15 is 0 Å². The van der Waals surface area contributed by atoms with Crippen LogP contribution in [0.15, 0.2) is 36.4 Å². The summed E-state index contributed by atoms with van der Waals surface area (Å²) in [5.41, 5.74) is -0.890. The van der Waals surface area contributed by atoms with Gasteiger partial charge < -0.3 is 5.32 Å². The van der Waals surface area contributed by atoms with E-state index in [9.17, 15) is 22.4 Å². The van der Waals surface area contributed by atoms with E-state index < -0.39 is 34.9 Å². The Bertz CT molecular complexity index is 643. The van der Waals surface area contributed by atoms with Gasteiger partial charge in [0.2, 0.25) is 0 Å². The predicted octanol–water partition coefficient (Wildman–Crippen LogP) is 3.50. The maximum Gasteiger partial charge on any atom is 0.258 e. The lowest BCUT2D eigenvalue weighted by Gasteiger charge is -2.07. The molecule has 2 aromatic carbocycles. The van der Waals surface area contributed by atoms with E-state index in [1.807, 2.05) is 5.32 Å². The van der Waals surface area contributed by atoms with Crippen LogP contribution in [0.5, 0.6) is 0 Å². The Balaban J connectivity index is 2.30. The lowest BCUT2D eigenvalue weighted by molar-refractivity contribution is 0.102. The lowest BCUT2D eigenvalue weighted by atomic mass is 10.2. The highest BCUT2D eigenvalue weighted by Gasteiger charge is 2.15. The van der Waals surface area contributed by atoms with Crippen molar-refractivity contribution in [3.8, 4) is 0 Å². The first-order valence-electron chi connectivity index (χ1n) is 5.19. The first-order chi connectivity index (χ1) is 8.99. The maximum absolute atomic E-state index is 13.3. The molecule has 98 valence electrons. The van der Waals surface area contributed by atoms with Gasteiger partial charge in [0.25, 0.3) is 5.91 Å². The van der Waals surface area contributed by atoms with Gasteiger partial charge in [-0.3, -0.25) is 4.79 Å². The van der Waals surface area contributed by atoms with Crippen molar-refractivity contribution in [2.24, 2.45) is 0 Å². The first kappa shape index (κ1) is 13.1. The molecule has 0 atom stereocenters. The molecule has 0 spiro atoms. The second kappa shape index (κ2) is 5.09. The molecule has 0 bridgehead atoms. The molecular formula is C13H7F4NO. The molecule has 0 aliphatic rings. The van der Waals surface area contributed by atoms with Gasteiger partial charge in [-0.05, 0) is 12.1 Å². The Morgan fingerprint density at radius 1 is 0.842 bits per heavy atom. The zero-order valence-corrected chi connectivity index (χ0v) is 9.38. The average Bonchev–Trinajstić information content (AvgIpc) is 2.36. The highest BCUT2D eigenvalue weighted by molar-refractivity contribution is 6.04. The predicted molar refractivity (Wildman–Crippen MR) is 60.7 cm³/mol. The van der Waals surface area contributed by atoms with Crippen LogP contribution in [0.25, 0.3) is 0 Å².